The highest BCUT2D eigenvalue weighted by Gasteiger charge is 2.36. The Bertz CT molecular complexity index is 1390. The van der Waals surface area contributed by atoms with Gasteiger partial charge in [-0.3, -0.25) is 14.3 Å². The van der Waals surface area contributed by atoms with E-state index in [1.54, 1.807) is 18.3 Å². The lowest BCUT2D eigenvalue weighted by molar-refractivity contribution is -0.140. The van der Waals surface area contributed by atoms with Gasteiger partial charge in [0.2, 0.25) is 0 Å². The third-order valence-electron chi connectivity index (χ3n) is 6.33. The second kappa shape index (κ2) is 9.61. The van der Waals surface area contributed by atoms with E-state index >= 15 is 0 Å². The molecule has 188 valence electrons. The van der Waals surface area contributed by atoms with Crippen molar-refractivity contribution in [3.63, 3.8) is 0 Å². The van der Waals surface area contributed by atoms with Crippen LogP contribution in [0.25, 0.3) is 16.9 Å². The molecule has 9 nitrogen and oxygen atoms in total. The molecule has 36 heavy (non-hydrogen) atoms. The molecule has 1 unspecified atom stereocenters. The van der Waals surface area contributed by atoms with Gasteiger partial charge in [0, 0.05) is 30.2 Å². The van der Waals surface area contributed by atoms with Crippen molar-refractivity contribution in [1.29, 1.82) is 0 Å². The Morgan fingerprint density at radius 3 is 2.86 bits per heavy atom. The van der Waals surface area contributed by atoms with Crippen LogP contribution in [0.2, 0.25) is 0 Å². The molecule has 5 rings (SSSR count). The monoisotopic (exact) mass is 498 g/mol. The summed E-state index contributed by atoms with van der Waals surface area (Å²) >= 11 is 0. The topological polar surface area (TPSA) is 112 Å². The fraction of sp³-hybridized carbons (Fsp3) is 0.333. The molecule has 3 aromatic heterocycles. The third kappa shape index (κ3) is 4.63. The maximum Gasteiger partial charge on any atom is 0.433 e. The van der Waals surface area contributed by atoms with E-state index in [0.717, 1.165) is 31.3 Å². The molecular formula is C24H25F3N8O. The highest BCUT2D eigenvalue weighted by Crippen LogP contribution is 2.36. The number of hydrogen-bond acceptors (Lipinski definition) is 6. The second-order valence-electron chi connectivity index (χ2n) is 8.69. The lowest BCUT2D eigenvalue weighted by atomic mass is 10.0. The predicted molar refractivity (Wildman–Crippen MR) is 128 cm³/mol. The number of aromatic nitrogens is 5. The highest BCUT2D eigenvalue weighted by molar-refractivity contribution is 5.96. The molecule has 4 aromatic rings. The average molecular weight is 499 g/mol. The van der Waals surface area contributed by atoms with Gasteiger partial charge in [-0.15, -0.1) is 0 Å². The fourth-order valence-corrected chi connectivity index (χ4v) is 4.45. The molecule has 4 N–H and O–H groups in total. The minimum absolute atomic E-state index is 0.107. The van der Waals surface area contributed by atoms with Gasteiger partial charge in [-0.1, -0.05) is 6.92 Å². The van der Waals surface area contributed by atoms with Gasteiger partial charge >= 0.3 is 6.18 Å². The van der Waals surface area contributed by atoms with Gasteiger partial charge in [0.15, 0.2) is 11.5 Å². The van der Waals surface area contributed by atoms with Crippen LogP contribution in [0, 0.1) is 5.92 Å². The van der Waals surface area contributed by atoms with Crippen molar-refractivity contribution in [2.45, 2.75) is 25.9 Å². The lowest BCUT2D eigenvalue weighted by Gasteiger charge is -2.14. The Hall–Kier alpha value is -3.93. The van der Waals surface area contributed by atoms with Crippen molar-refractivity contribution in [3.8, 4) is 11.3 Å². The first-order chi connectivity index (χ1) is 17.3. The molecule has 0 saturated carbocycles. The van der Waals surface area contributed by atoms with Crippen LogP contribution in [-0.2, 0) is 12.6 Å². The number of fused-ring (bicyclic) bond motifs is 1. The van der Waals surface area contributed by atoms with E-state index in [0.29, 0.717) is 41.6 Å². The number of carbonyl (C=O) groups excluding carboxylic acids is 1. The molecule has 1 aromatic carbocycles. The molecule has 0 radical (unpaired) electrons. The van der Waals surface area contributed by atoms with Crippen LogP contribution in [0.5, 0.6) is 0 Å². The predicted octanol–water partition coefficient (Wildman–Crippen LogP) is 3.78. The van der Waals surface area contributed by atoms with Crippen LogP contribution in [0.1, 0.15) is 35.0 Å². The number of nitrogens with zero attached hydrogens (tertiary/aromatic N) is 4. The first kappa shape index (κ1) is 23.8. The van der Waals surface area contributed by atoms with Gasteiger partial charge in [-0.05, 0) is 55.6 Å². The quantitative estimate of drug-likeness (QED) is 0.309. The molecule has 1 fully saturated rings. The van der Waals surface area contributed by atoms with Crippen molar-refractivity contribution in [3.05, 3.63) is 59.8 Å². The first-order valence-corrected chi connectivity index (χ1v) is 11.7. The zero-order valence-electron chi connectivity index (χ0n) is 19.5. The second-order valence-corrected chi connectivity index (χ2v) is 8.69. The van der Waals surface area contributed by atoms with E-state index in [4.69, 9.17) is 0 Å². The van der Waals surface area contributed by atoms with E-state index in [9.17, 15) is 18.0 Å². The number of amides is 1. The summed E-state index contributed by atoms with van der Waals surface area (Å²) < 4.78 is 41.6. The number of aromatic amines is 1. The number of anilines is 2. The molecule has 1 saturated heterocycles. The molecule has 1 atom stereocenters. The number of imidazole rings is 1. The first-order valence-electron chi connectivity index (χ1n) is 11.7. The Morgan fingerprint density at radius 1 is 1.25 bits per heavy atom. The lowest BCUT2D eigenvalue weighted by Crippen LogP contribution is -2.30. The van der Waals surface area contributed by atoms with Crippen LogP contribution in [0.15, 0.2) is 43.0 Å². The Morgan fingerprint density at radius 2 is 2.11 bits per heavy atom. The van der Waals surface area contributed by atoms with Crippen LogP contribution >= 0.6 is 0 Å². The van der Waals surface area contributed by atoms with Gasteiger partial charge in [0.25, 0.3) is 5.91 Å². The zero-order chi connectivity index (χ0) is 25.3. The number of carbonyl (C=O) groups is 1. The summed E-state index contributed by atoms with van der Waals surface area (Å²) in [6.07, 6.45) is 2.62. The minimum Gasteiger partial charge on any atom is -0.352 e. The number of rotatable bonds is 7. The van der Waals surface area contributed by atoms with Gasteiger partial charge in [-0.2, -0.15) is 18.3 Å². The van der Waals surface area contributed by atoms with Gasteiger partial charge in [0.05, 0.1) is 23.7 Å². The summed E-state index contributed by atoms with van der Waals surface area (Å²) in [6, 6.07) is 5.42. The number of benzene rings is 1. The molecule has 0 spiro atoms. The molecule has 0 aliphatic carbocycles. The molecule has 4 heterocycles. The standard InChI is InChI=1S/C24H25F3N8O/c1-2-15-9-16(3-4-17(15)23(36)31-11-14-5-6-28-10-14)33-21-22-30-13-19(35(22)8-7-29-21)18-12-32-34-20(18)24(25,26)27/h3-4,7-9,12-14,28H,2,5-6,10-11H2,1H3,(H,29,33)(H,31,36)(H,32,34). The number of nitrogens with one attached hydrogen (secondary N) is 4. The highest BCUT2D eigenvalue weighted by atomic mass is 19.4. The van der Waals surface area contributed by atoms with Crippen LogP contribution in [0.3, 0.4) is 0 Å². The molecule has 1 aliphatic heterocycles. The maximum absolute atomic E-state index is 13.4. The summed E-state index contributed by atoms with van der Waals surface area (Å²) in [5, 5.41) is 15.1. The van der Waals surface area contributed by atoms with Gasteiger partial charge < -0.3 is 16.0 Å². The summed E-state index contributed by atoms with van der Waals surface area (Å²) in [4.78, 5) is 21.4. The number of aryl methyl sites for hydroxylation is 1. The minimum atomic E-state index is -4.58. The number of hydrogen-bond donors (Lipinski definition) is 4. The van der Waals surface area contributed by atoms with Gasteiger partial charge in [0.1, 0.15) is 5.69 Å². The third-order valence-corrected chi connectivity index (χ3v) is 6.33. The molecule has 0 bridgehead atoms. The fourth-order valence-electron chi connectivity index (χ4n) is 4.45. The van der Waals surface area contributed by atoms with Crippen LogP contribution in [-0.4, -0.2) is 50.1 Å². The van der Waals surface area contributed by atoms with Crippen LogP contribution < -0.4 is 16.0 Å². The Balaban J connectivity index is 1.39. The molecular weight excluding hydrogens is 473 g/mol. The number of alkyl halides is 3. The zero-order valence-corrected chi connectivity index (χ0v) is 19.5. The summed E-state index contributed by atoms with van der Waals surface area (Å²) in [7, 11) is 0. The molecule has 1 amide bonds. The van der Waals surface area contributed by atoms with Crippen molar-refractivity contribution in [2.75, 3.05) is 25.0 Å². The van der Waals surface area contributed by atoms with E-state index in [2.05, 4.69) is 31.0 Å². The van der Waals surface area contributed by atoms with Gasteiger partial charge in [-0.25, -0.2) is 9.97 Å². The molecule has 1 aliphatic rings. The number of halogens is 3. The SMILES string of the molecule is CCc1cc(Nc2nccn3c(-c4cn[nH]c4C(F)(F)F)cnc23)ccc1C(=O)NCC1CCNC1. The Kier molecular flexibility index (Phi) is 6.35. The molecule has 12 heteroatoms. The van der Waals surface area contributed by atoms with E-state index in [1.807, 2.05) is 18.1 Å². The van der Waals surface area contributed by atoms with Crippen molar-refractivity contribution >= 4 is 23.1 Å². The van der Waals surface area contributed by atoms with Crippen molar-refractivity contribution < 1.29 is 18.0 Å². The van der Waals surface area contributed by atoms with E-state index in [1.165, 1.54) is 16.8 Å². The van der Waals surface area contributed by atoms with E-state index in [-0.39, 0.29) is 17.2 Å². The smallest absolute Gasteiger partial charge is 0.352 e. The average Bonchev–Trinajstić information content (AvgIpc) is 3.62. The summed E-state index contributed by atoms with van der Waals surface area (Å²) in [6.45, 7) is 4.50. The normalized spacial score (nSPS) is 15.9. The summed E-state index contributed by atoms with van der Waals surface area (Å²) in [5.41, 5.74) is 1.70. The largest absolute Gasteiger partial charge is 0.433 e. The summed E-state index contributed by atoms with van der Waals surface area (Å²) in [5.74, 6) is 0.707. The van der Waals surface area contributed by atoms with Crippen molar-refractivity contribution in [2.24, 2.45) is 5.92 Å². The van der Waals surface area contributed by atoms with Crippen molar-refractivity contribution in [1.82, 2.24) is 35.2 Å². The van der Waals surface area contributed by atoms with Crippen LogP contribution in [0.4, 0.5) is 24.7 Å². The maximum atomic E-state index is 13.4. The number of H-pyrrole nitrogens is 1. The Labute approximate surface area is 204 Å². The van der Waals surface area contributed by atoms with E-state index < -0.39 is 11.9 Å².